The highest BCUT2D eigenvalue weighted by Crippen LogP contribution is 1.81. The number of carbonyl (C=O) groups is 1. The van der Waals surface area contributed by atoms with E-state index in [1.54, 1.807) is 0 Å². The van der Waals surface area contributed by atoms with Crippen molar-refractivity contribution in [2.45, 2.75) is 20.8 Å². The molecule has 0 radical (unpaired) electrons. The molecule has 15 heavy (non-hydrogen) atoms. The highest BCUT2D eigenvalue weighted by Gasteiger charge is 1.89. The second-order valence-electron chi connectivity index (χ2n) is 2.36. The van der Waals surface area contributed by atoms with Gasteiger partial charge in [0.1, 0.15) is 0 Å². The smallest absolute Gasteiger partial charge is 0.450 e. The molecule has 0 amide bonds. The van der Waals surface area contributed by atoms with Crippen LogP contribution in [0.4, 0.5) is 4.79 Å². The van der Waals surface area contributed by atoms with Crippen molar-refractivity contribution in [1.29, 1.82) is 5.41 Å². The zero-order chi connectivity index (χ0) is 12.9. The second-order valence-corrected chi connectivity index (χ2v) is 2.36. The van der Waals surface area contributed by atoms with Gasteiger partial charge in [-0.1, -0.05) is 20.8 Å². The van der Waals surface area contributed by atoms with Gasteiger partial charge in [0, 0.05) is 0 Å². The van der Waals surface area contributed by atoms with Crippen LogP contribution < -0.4 is 11.5 Å². The Hall–Kier alpha value is -1.50. The van der Waals surface area contributed by atoms with E-state index in [2.05, 4.69) is 37.1 Å². The highest BCUT2D eigenvalue weighted by molar-refractivity contribution is 5.71. The fourth-order valence-corrected chi connectivity index (χ4v) is 0.671. The van der Waals surface area contributed by atoms with E-state index in [1.807, 2.05) is 0 Å². The van der Waals surface area contributed by atoms with Gasteiger partial charge >= 0.3 is 6.16 Å². The van der Waals surface area contributed by atoms with Crippen LogP contribution in [0.3, 0.4) is 0 Å². The van der Waals surface area contributed by atoms with Crippen molar-refractivity contribution in [2.75, 3.05) is 19.6 Å². The fraction of sp³-hybridized carbons (Fsp3) is 0.750. The molecule has 0 aliphatic carbocycles. The molecular formula is C8H22N4O3. The summed E-state index contributed by atoms with van der Waals surface area (Å²) in [5, 5.41) is 20.0. The number of hydrogen-bond acceptors (Lipinski definition) is 3. The van der Waals surface area contributed by atoms with E-state index in [0.717, 1.165) is 0 Å². The SMILES string of the molecule is CCN(CC)CC.N=C(N)N.O=C(O)O. The molecule has 0 bridgehead atoms. The standard InChI is InChI=1S/C6H15N.CH5N3.CH2O3/c1-4-7(5-2)6-3;2*2-1(3)4/h4-6H2,1-3H3;(H5,2,3,4);(H2,2,3,4). The van der Waals surface area contributed by atoms with Gasteiger partial charge < -0.3 is 26.6 Å². The number of nitrogens with zero attached hydrogens (tertiary/aromatic N) is 1. The van der Waals surface area contributed by atoms with Crippen LogP contribution in [0, 0.1) is 5.41 Å². The van der Waals surface area contributed by atoms with Crippen LogP contribution in [-0.4, -0.2) is 46.9 Å². The van der Waals surface area contributed by atoms with Crippen LogP contribution in [0.5, 0.6) is 0 Å². The number of nitrogens with one attached hydrogen (secondary N) is 1. The molecule has 0 saturated heterocycles. The van der Waals surface area contributed by atoms with Gasteiger partial charge in [-0.2, -0.15) is 0 Å². The molecule has 0 spiro atoms. The van der Waals surface area contributed by atoms with Crippen molar-refractivity contribution in [3.63, 3.8) is 0 Å². The van der Waals surface area contributed by atoms with E-state index in [1.165, 1.54) is 19.6 Å². The molecule has 0 rings (SSSR count). The Morgan fingerprint density at radius 3 is 1.27 bits per heavy atom. The van der Waals surface area contributed by atoms with Gasteiger partial charge in [-0.25, -0.2) is 4.79 Å². The van der Waals surface area contributed by atoms with Gasteiger partial charge in [-0.05, 0) is 19.6 Å². The molecule has 7 nitrogen and oxygen atoms in total. The lowest BCUT2D eigenvalue weighted by atomic mass is 10.5. The van der Waals surface area contributed by atoms with Crippen LogP contribution >= 0.6 is 0 Å². The first-order valence-corrected chi connectivity index (χ1v) is 4.55. The number of nitrogens with two attached hydrogens (primary N) is 2. The summed E-state index contributed by atoms with van der Waals surface area (Å²) in [5.41, 5.74) is 8.94. The van der Waals surface area contributed by atoms with E-state index in [-0.39, 0.29) is 5.96 Å². The number of guanidine groups is 1. The first kappa shape index (κ1) is 19.1. The van der Waals surface area contributed by atoms with E-state index >= 15 is 0 Å². The van der Waals surface area contributed by atoms with Crippen LogP contribution in [0.15, 0.2) is 0 Å². The minimum absolute atomic E-state index is 0.333. The summed E-state index contributed by atoms with van der Waals surface area (Å²) in [6.45, 7) is 10.1. The van der Waals surface area contributed by atoms with E-state index in [9.17, 15) is 0 Å². The lowest BCUT2D eigenvalue weighted by Gasteiger charge is -2.13. The van der Waals surface area contributed by atoms with Crippen LogP contribution in [0.25, 0.3) is 0 Å². The largest absolute Gasteiger partial charge is 0.503 e. The molecule has 92 valence electrons. The maximum atomic E-state index is 8.56. The summed E-state index contributed by atoms with van der Waals surface area (Å²) < 4.78 is 0. The quantitative estimate of drug-likeness (QED) is 0.346. The Morgan fingerprint density at radius 1 is 1.13 bits per heavy atom. The Bertz CT molecular complexity index is 134. The number of hydrogen-bond donors (Lipinski definition) is 5. The summed E-state index contributed by atoms with van der Waals surface area (Å²) in [6, 6.07) is 0. The summed E-state index contributed by atoms with van der Waals surface area (Å²) in [7, 11) is 0. The molecule has 0 unspecified atom stereocenters. The summed E-state index contributed by atoms with van der Waals surface area (Å²) in [4.78, 5) is 10.9. The first-order chi connectivity index (χ1) is 6.81. The van der Waals surface area contributed by atoms with Crippen LogP contribution in [-0.2, 0) is 0 Å². The van der Waals surface area contributed by atoms with Crippen molar-refractivity contribution in [1.82, 2.24) is 4.90 Å². The van der Waals surface area contributed by atoms with Gasteiger partial charge in [0.15, 0.2) is 5.96 Å². The molecule has 0 atom stereocenters. The molecule has 0 aromatic carbocycles. The van der Waals surface area contributed by atoms with Crippen molar-refractivity contribution < 1.29 is 15.0 Å². The first-order valence-electron chi connectivity index (χ1n) is 4.55. The molecule has 0 heterocycles. The average Bonchev–Trinajstić information content (AvgIpc) is 2.05. The van der Waals surface area contributed by atoms with Gasteiger partial charge in [-0.3, -0.25) is 5.41 Å². The fourth-order valence-electron chi connectivity index (χ4n) is 0.671. The number of rotatable bonds is 3. The van der Waals surface area contributed by atoms with E-state index < -0.39 is 6.16 Å². The molecule has 0 aromatic rings. The van der Waals surface area contributed by atoms with Crippen molar-refractivity contribution in [2.24, 2.45) is 11.5 Å². The Balaban J connectivity index is -0.000000155. The maximum Gasteiger partial charge on any atom is 0.503 e. The Morgan fingerprint density at radius 2 is 1.27 bits per heavy atom. The predicted molar refractivity (Wildman–Crippen MR) is 60.2 cm³/mol. The highest BCUT2D eigenvalue weighted by atomic mass is 16.6. The van der Waals surface area contributed by atoms with Gasteiger partial charge in [-0.15, -0.1) is 0 Å². The third-order valence-electron chi connectivity index (χ3n) is 1.34. The molecule has 0 aliphatic heterocycles. The van der Waals surface area contributed by atoms with Crippen molar-refractivity contribution in [3.8, 4) is 0 Å². The lowest BCUT2D eigenvalue weighted by molar-refractivity contribution is 0.137. The summed E-state index contributed by atoms with van der Waals surface area (Å²) in [6.07, 6.45) is -1.83. The minimum Gasteiger partial charge on any atom is -0.450 e. The van der Waals surface area contributed by atoms with Crippen LogP contribution in [0.2, 0.25) is 0 Å². The normalized spacial score (nSPS) is 8.00. The van der Waals surface area contributed by atoms with Crippen LogP contribution in [0.1, 0.15) is 20.8 Å². The molecule has 7 N–H and O–H groups in total. The average molecular weight is 222 g/mol. The maximum absolute atomic E-state index is 8.56. The monoisotopic (exact) mass is 222 g/mol. The molecule has 0 aliphatic rings. The minimum atomic E-state index is -1.83. The molecule has 0 fully saturated rings. The predicted octanol–water partition coefficient (Wildman–Crippen LogP) is 0.409. The number of carboxylic acid groups (broad SMARTS) is 2. The van der Waals surface area contributed by atoms with Gasteiger partial charge in [0.05, 0.1) is 0 Å². The molecule has 7 heteroatoms. The third kappa shape index (κ3) is 68.1. The topological polar surface area (TPSA) is 137 Å². The molecule has 0 aromatic heterocycles. The van der Waals surface area contributed by atoms with Gasteiger partial charge in [0.25, 0.3) is 0 Å². The Labute approximate surface area is 90.2 Å². The molecular weight excluding hydrogens is 200 g/mol. The second kappa shape index (κ2) is 15.0. The molecule has 0 saturated carbocycles. The van der Waals surface area contributed by atoms with Crippen molar-refractivity contribution >= 4 is 12.1 Å². The summed E-state index contributed by atoms with van der Waals surface area (Å²) in [5.74, 6) is -0.333. The lowest BCUT2D eigenvalue weighted by Crippen LogP contribution is -2.21. The van der Waals surface area contributed by atoms with Crippen molar-refractivity contribution in [3.05, 3.63) is 0 Å². The Kier molecular flexibility index (Phi) is 19.1. The zero-order valence-corrected chi connectivity index (χ0v) is 9.53. The van der Waals surface area contributed by atoms with E-state index in [4.69, 9.17) is 20.4 Å². The summed E-state index contributed by atoms with van der Waals surface area (Å²) >= 11 is 0. The van der Waals surface area contributed by atoms with E-state index in [0.29, 0.717) is 0 Å². The van der Waals surface area contributed by atoms with Gasteiger partial charge in [0.2, 0.25) is 0 Å². The third-order valence-corrected chi connectivity index (χ3v) is 1.34. The zero-order valence-electron chi connectivity index (χ0n) is 9.53.